The van der Waals surface area contributed by atoms with Crippen molar-refractivity contribution >= 4 is 11.7 Å². The number of nitrogens with one attached hydrogen (secondary N) is 2. The van der Waals surface area contributed by atoms with Crippen LogP contribution in [-0.2, 0) is 4.79 Å². The van der Waals surface area contributed by atoms with Gasteiger partial charge in [-0.25, -0.2) is 0 Å². The Morgan fingerprint density at radius 3 is 3.05 bits per heavy atom. The van der Waals surface area contributed by atoms with E-state index < -0.39 is 0 Å². The summed E-state index contributed by atoms with van der Waals surface area (Å²) in [6.45, 7) is 2.21. The first-order valence-electron chi connectivity index (χ1n) is 6.46. The number of aryl methyl sites for hydroxylation is 1. The molecule has 0 saturated heterocycles. The summed E-state index contributed by atoms with van der Waals surface area (Å²) in [4.78, 5) is 11.8. The molecule has 20 heavy (non-hydrogen) atoms. The molecule has 2 N–H and O–H groups in total. The standard InChI is InChI=1S/C14H13N3O3/c1-7-13-9(5-12(18)15-14(13)17-16-7)8-2-3-10-11(4-8)20-6-19-10/h2-4,9H,5-6H2,1H3,(H2,15,16,17,18). The molecule has 102 valence electrons. The summed E-state index contributed by atoms with van der Waals surface area (Å²) < 4.78 is 10.7. The second kappa shape index (κ2) is 4.00. The van der Waals surface area contributed by atoms with Crippen molar-refractivity contribution < 1.29 is 14.3 Å². The van der Waals surface area contributed by atoms with E-state index in [2.05, 4.69) is 15.5 Å². The Hall–Kier alpha value is -2.50. The van der Waals surface area contributed by atoms with Gasteiger partial charge in [-0.1, -0.05) is 6.07 Å². The third-order valence-electron chi connectivity index (χ3n) is 3.79. The number of amides is 1. The number of hydrogen-bond acceptors (Lipinski definition) is 4. The molecule has 0 saturated carbocycles. The molecule has 0 radical (unpaired) electrons. The molecule has 1 aromatic heterocycles. The fourth-order valence-corrected chi connectivity index (χ4v) is 2.84. The number of aromatic nitrogens is 2. The van der Waals surface area contributed by atoms with Crippen LogP contribution in [-0.4, -0.2) is 22.9 Å². The molecule has 0 fully saturated rings. The van der Waals surface area contributed by atoms with Crippen molar-refractivity contribution in [2.45, 2.75) is 19.3 Å². The van der Waals surface area contributed by atoms with E-state index in [0.717, 1.165) is 28.3 Å². The van der Waals surface area contributed by atoms with Gasteiger partial charge < -0.3 is 14.8 Å². The van der Waals surface area contributed by atoms with Crippen LogP contribution in [0.4, 0.5) is 5.82 Å². The summed E-state index contributed by atoms with van der Waals surface area (Å²) in [5, 5.41) is 9.87. The van der Waals surface area contributed by atoms with Crippen LogP contribution in [0.1, 0.15) is 29.2 Å². The molecule has 0 bridgehead atoms. The van der Waals surface area contributed by atoms with Gasteiger partial charge in [-0.3, -0.25) is 9.89 Å². The Kier molecular flexibility index (Phi) is 2.26. The number of rotatable bonds is 1. The van der Waals surface area contributed by atoms with E-state index in [0.29, 0.717) is 12.2 Å². The van der Waals surface area contributed by atoms with E-state index in [1.165, 1.54) is 0 Å². The maximum atomic E-state index is 11.8. The summed E-state index contributed by atoms with van der Waals surface area (Å²) >= 11 is 0. The number of carbonyl (C=O) groups excluding carboxylic acids is 1. The van der Waals surface area contributed by atoms with E-state index in [9.17, 15) is 4.79 Å². The van der Waals surface area contributed by atoms with E-state index in [1.807, 2.05) is 25.1 Å². The highest BCUT2D eigenvalue weighted by molar-refractivity contribution is 5.94. The van der Waals surface area contributed by atoms with E-state index >= 15 is 0 Å². The van der Waals surface area contributed by atoms with Crippen molar-refractivity contribution in [3.05, 3.63) is 35.0 Å². The highest BCUT2D eigenvalue weighted by Crippen LogP contribution is 2.41. The molecular weight excluding hydrogens is 258 g/mol. The Morgan fingerprint density at radius 2 is 2.15 bits per heavy atom. The Morgan fingerprint density at radius 1 is 1.30 bits per heavy atom. The lowest BCUT2D eigenvalue weighted by Crippen LogP contribution is -2.23. The molecule has 0 spiro atoms. The van der Waals surface area contributed by atoms with Gasteiger partial charge >= 0.3 is 0 Å². The van der Waals surface area contributed by atoms with Crippen molar-refractivity contribution in [2.24, 2.45) is 0 Å². The normalized spacial score (nSPS) is 19.6. The average Bonchev–Trinajstić information content (AvgIpc) is 3.04. The predicted octanol–water partition coefficient (Wildman–Crippen LogP) is 1.92. The van der Waals surface area contributed by atoms with Crippen LogP contribution in [0, 0.1) is 6.92 Å². The van der Waals surface area contributed by atoms with Crippen molar-refractivity contribution in [2.75, 3.05) is 12.1 Å². The van der Waals surface area contributed by atoms with Gasteiger partial charge in [-0.2, -0.15) is 5.10 Å². The largest absolute Gasteiger partial charge is 0.454 e. The van der Waals surface area contributed by atoms with E-state index in [4.69, 9.17) is 9.47 Å². The van der Waals surface area contributed by atoms with Gasteiger partial charge in [0.25, 0.3) is 0 Å². The SMILES string of the molecule is Cc1[nH]nc2c1C(c1ccc3c(c1)OCO3)CC(=O)N2. The molecular formula is C14H13N3O3. The first-order valence-corrected chi connectivity index (χ1v) is 6.46. The van der Waals surface area contributed by atoms with Crippen molar-refractivity contribution in [1.82, 2.24) is 10.2 Å². The van der Waals surface area contributed by atoms with Gasteiger partial charge in [0.15, 0.2) is 17.3 Å². The molecule has 6 nitrogen and oxygen atoms in total. The zero-order chi connectivity index (χ0) is 13.7. The lowest BCUT2D eigenvalue weighted by atomic mass is 9.86. The smallest absolute Gasteiger partial charge is 0.231 e. The third kappa shape index (κ3) is 1.57. The van der Waals surface area contributed by atoms with Gasteiger partial charge in [-0.15, -0.1) is 0 Å². The van der Waals surface area contributed by atoms with Crippen LogP contribution in [0.15, 0.2) is 18.2 Å². The predicted molar refractivity (Wildman–Crippen MR) is 71.0 cm³/mol. The first-order chi connectivity index (χ1) is 9.72. The van der Waals surface area contributed by atoms with Crippen LogP contribution in [0.25, 0.3) is 0 Å². The molecule has 1 atom stereocenters. The highest BCUT2D eigenvalue weighted by Gasteiger charge is 2.31. The summed E-state index contributed by atoms with van der Waals surface area (Å²) in [6, 6.07) is 5.81. The van der Waals surface area contributed by atoms with Gasteiger partial charge in [0.2, 0.25) is 12.7 Å². The lowest BCUT2D eigenvalue weighted by Gasteiger charge is -2.23. The number of fused-ring (bicyclic) bond motifs is 2. The number of carbonyl (C=O) groups is 1. The number of benzene rings is 1. The minimum atomic E-state index is -0.0216. The Bertz CT molecular complexity index is 708. The number of hydrogen-bond donors (Lipinski definition) is 2. The Labute approximate surface area is 115 Å². The zero-order valence-electron chi connectivity index (χ0n) is 10.9. The van der Waals surface area contributed by atoms with Crippen LogP contribution in [0.5, 0.6) is 11.5 Å². The molecule has 1 unspecified atom stereocenters. The summed E-state index contributed by atoms with van der Waals surface area (Å²) in [6.07, 6.45) is 0.410. The molecule has 2 aliphatic rings. The second-order valence-electron chi connectivity index (χ2n) is 5.03. The van der Waals surface area contributed by atoms with Crippen LogP contribution in [0.3, 0.4) is 0 Å². The molecule has 1 amide bonds. The monoisotopic (exact) mass is 271 g/mol. The average molecular weight is 271 g/mol. The quantitative estimate of drug-likeness (QED) is 0.830. The third-order valence-corrected chi connectivity index (χ3v) is 3.79. The maximum Gasteiger partial charge on any atom is 0.231 e. The van der Waals surface area contributed by atoms with E-state index in [-0.39, 0.29) is 18.6 Å². The fraction of sp³-hybridized carbons (Fsp3) is 0.286. The highest BCUT2D eigenvalue weighted by atomic mass is 16.7. The fourth-order valence-electron chi connectivity index (χ4n) is 2.84. The zero-order valence-corrected chi connectivity index (χ0v) is 10.9. The number of anilines is 1. The summed E-state index contributed by atoms with van der Waals surface area (Å²) in [7, 11) is 0. The van der Waals surface area contributed by atoms with Gasteiger partial charge in [0.1, 0.15) is 0 Å². The second-order valence-corrected chi connectivity index (χ2v) is 5.03. The first kappa shape index (κ1) is 11.3. The topological polar surface area (TPSA) is 76.2 Å². The molecule has 3 heterocycles. The number of nitrogens with zero attached hydrogens (tertiary/aromatic N) is 1. The van der Waals surface area contributed by atoms with Gasteiger partial charge in [0.05, 0.1) is 0 Å². The lowest BCUT2D eigenvalue weighted by molar-refractivity contribution is -0.116. The molecule has 6 heteroatoms. The minimum absolute atomic E-state index is 0.00741. The van der Waals surface area contributed by atoms with Gasteiger partial charge in [-0.05, 0) is 24.6 Å². The van der Waals surface area contributed by atoms with E-state index in [1.54, 1.807) is 0 Å². The summed E-state index contributed by atoms with van der Waals surface area (Å²) in [5.41, 5.74) is 3.06. The Balaban J connectivity index is 1.82. The number of ether oxygens (including phenoxy) is 2. The van der Waals surface area contributed by atoms with Crippen LogP contribution in [0.2, 0.25) is 0 Å². The molecule has 2 aromatic rings. The van der Waals surface area contributed by atoms with Crippen LogP contribution < -0.4 is 14.8 Å². The minimum Gasteiger partial charge on any atom is -0.454 e. The molecule has 4 rings (SSSR count). The molecule has 0 aliphatic carbocycles. The molecule has 1 aromatic carbocycles. The number of aromatic amines is 1. The van der Waals surface area contributed by atoms with Crippen molar-refractivity contribution in [3.8, 4) is 11.5 Å². The van der Waals surface area contributed by atoms with Crippen molar-refractivity contribution in [3.63, 3.8) is 0 Å². The summed E-state index contributed by atoms with van der Waals surface area (Å²) in [5.74, 6) is 2.08. The maximum absolute atomic E-state index is 11.8. The van der Waals surface area contributed by atoms with Crippen LogP contribution >= 0.6 is 0 Å². The van der Waals surface area contributed by atoms with Crippen molar-refractivity contribution in [1.29, 1.82) is 0 Å². The molecule has 2 aliphatic heterocycles. The van der Waals surface area contributed by atoms with Gasteiger partial charge in [0, 0.05) is 23.6 Å². The number of H-pyrrole nitrogens is 1.